The zero-order valence-electron chi connectivity index (χ0n) is 17.0. The summed E-state index contributed by atoms with van der Waals surface area (Å²) in [4.78, 5) is 50.1. The van der Waals surface area contributed by atoms with Gasteiger partial charge in [-0.2, -0.15) is 0 Å². The third-order valence-electron chi connectivity index (χ3n) is 4.60. The van der Waals surface area contributed by atoms with Crippen molar-refractivity contribution in [2.75, 3.05) is 13.1 Å². The third kappa shape index (κ3) is 6.29. The molecular weight excluding hydrogens is 414 g/mol. The molecule has 160 valence electrons. The van der Waals surface area contributed by atoms with Gasteiger partial charge in [0.2, 0.25) is 11.8 Å². The zero-order valence-corrected chi connectivity index (χ0v) is 17.9. The Morgan fingerprint density at radius 2 is 1.68 bits per heavy atom. The smallest absolute Gasteiger partial charge is 0.293 e. The molecule has 8 heteroatoms. The number of carbonyl (C=O) groups excluding carboxylic acids is 4. The van der Waals surface area contributed by atoms with Crippen LogP contribution in [0.15, 0.2) is 65.6 Å². The number of benzene rings is 2. The molecule has 0 spiro atoms. The van der Waals surface area contributed by atoms with Gasteiger partial charge in [-0.15, -0.1) is 0 Å². The van der Waals surface area contributed by atoms with Gasteiger partial charge in [0, 0.05) is 20.0 Å². The van der Waals surface area contributed by atoms with Crippen molar-refractivity contribution in [2.45, 2.75) is 19.4 Å². The molecule has 2 aromatic carbocycles. The maximum Gasteiger partial charge on any atom is 0.293 e. The molecule has 0 saturated carbocycles. The molecule has 1 unspecified atom stereocenters. The van der Waals surface area contributed by atoms with Gasteiger partial charge in [-0.1, -0.05) is 60.7 Å². The Balaban J connectivity index is 1.53. The van der Waals surface area contributed by atoms with E-state index in [0.717, 1.165) is 27.8 Å². The molecular formula is C23H23N3O4S. The minimum atomic E-state index is -0.454. The lowest BCUT2D eigenvalue weighted by molar-refractivity contribution is -0.125. The molecule has 1 atom stereocenters. The average molecular weight is 438 g/mol. The van der Waals surface area contributed by atoms with Crippen LogP contribution in [0.1, 0.15) is 30.5 Å². The van der Waals surface area contributed by atoms with Crippen LogP contribution >= 0.6 is 11.8 Å². The van der Waals surface area contributed by atoms with Crippen LogP contribution in [0.2, 0.25) is 0 Å². The topological polar surface area (TPSA) is 95.6 Å². The second-order valence-corrected chi connectivity index (χ2v) is 7.96. The van der Waals surface area contributed by atoms with Crippen LogP contribution < -0.4 is 10.6 Å². The van der Waals surface area contributed by atoms with E-state index in [1.54, 1.807) is 6.08 Å². The van der Waals surface area contributed by atoms with Crippen LogP contribution in [0.3, 0.4) is 0 Å². The molecule has 1 saturated heterocycles. The molecule has 1 fully saturated rings. The predicted molar refractivity (Wildman–Crippen MR) is 120 cm³/mol. The lowest BCUT2D eigenvalue weighted by Crippen LogP contribution is -2.38. The van der Waals surface area contributed by atoms with Gasteiger partial charge in [-0.3, -0.25) is 24.1 Å². The van der Waals surface area contributed by atoms with Crippen molar-refractivity contribution >= 4 is 40.8 Å². The Kier molecular flexibility index (Phi) is 7.61. The minimum Gasteiger partial charge on any atom is -0.354 e. The van der Waals surface area contributed by atoms with E-state index < -0.39 is 6.04 Å². The highest BCUT2D eigenvalue weighted by molar-refractivity contribution is 8.18. The van der Waals surface area contributed by atoms with Crippen molar-refractivity contribution in [3.05, 3.63) is 76.7 Å². The summed E-state index contributed by atoms with van der Waals surface area (Å²) in [6.45, 7) is 1.62. The highest BCUT2D eigenvalue weighted by Gasteiger charge is 2.34. The van der Waals surface area contributed by atoms with Crippen LogP contribution in [0.5, 0.6) is 0 Å². The minimum absolute atomic E-state index is 0.0550. The monoisotopic (exact) mass is 437 g/mol. The summed E-state index contributed by atoms with van der Waals surface area (Å²) in [5.74, 6) is -0.882. The first kappa shape index (κ1) is 22.3. The van der Waals surface area contributed by atoms with Crippen molar-refractivity contribution in [3.8, 4) is 0 Å². The Morgan fingerprint density at radius 3 is 2.32 bits per heavy atom. The normalized spacial score (nSPS) is 15.8. The lowest BCUT2D eigenvalue weighted by Gasteiger charge is -2.18. The highest BCUT2D eigenvalue weighted by Crippen LogP contribution is 2.31. The van der Waals surface area contributed by atoms with Crippen molar-refractivity contribution in [3.63, 3.8) is 0 Å². The number of thioether (sulfide) groups is 1. The quantitative estimate of drug-likeness (QED) is 0.619. The van der Waals surface area contributed by atoms with Crippen LogP contribution in [-0.2, 0) is 14.4 Å². The van der Waals surface area contributed by atoms with Crippen LogP contribution in [0.25, 0.3) is 6.08 Å². The summed E-state index contributed by atoms with van der Waals surface area (Å²) < 4.78 is 0. The van der Waals surface area contributed by atoms with E-state index in [1.165, 1.54) is 6.92 Å². The van der Waals surface area contributed by atoms with Gasteiger partial charge in [0.25, 0.3) is 11.1 Å². The Labute approximate surface area is 184 Å². The van der Waals surface area contributed by atoms with Gasteiger partial charge < -0.3 is 10.6 Å². The summed E-state index contributed by atoms with van der Waals surface area (Å²) in [6, 6.07) is 18.1. The SMILES string of the molecule is CC(=O)NC(CC(=O)NCCN1C(=O)S/C(=C\c2ccccc2)C1=O)c1ccccc1. The third-order valence-corrected chi connectivity index (χ3v) is 5.50. The second-order valence-electron chi connectivity index (χ2n) is 6.96. The van der Waals surface area contributed by atoms with Crippen molar-refractivity contribution in [1.82, 2.24) is 15.5 Å². The molecule has 0 aliphatic carbocycles. The Bertz CT molecular complexity index is 992. The first-order chi connectivity index (χ1) is 14.9. The van der Waals surface area contributed by atoms with Gasteiger partial charge in [0.15, 0.2) is 0 Å². The van der Waals surface area contributed by atoms with Crippen molar-refractivity contribution in [2.24, 2.45) is 0 Å². The number of nitrogens with zero attached hydrogens (tertiary/aromatic N) is 1. The first-order valence-corrected chi connectivity index (χ1v) is 10.6. The van der Waals surface area contributed by atoms with E-state index in [0.29, 0.717) is 4.91 Å². The fourth-order valence-corrected chi connectivity index (χ4v) is 4.01. The zero-order chi connectivity index (χ0) is 22.2. The number of imide groups is 1. The standard InChI is InChI=1S/C23H23N3O4S/c1-16(27)25-19(18-10-6-3-7-11-18)15-21(28)24-12-13-26-22(29)20(31-23(26)30)14-17-8-4-2-5-9-17/h2-11,14,19H,12-13,15H2,1H3,(H,24,28)(H,25,27)/b20-14-. The molecule has 1 aliphatic rings. The number of hydrogen-bond donors (Lipinski definition) is 2. The maximum atomic E-state index is 12.5. The van der Waals surface area contributed by atoms with E-state index in [2.05, 4.69) is 10.6 Å². The summed E-state index contributed by atoms with van der Waals surface area (Å²) >= 11 is 0.889. The number of nitrogens with one attached hydrogen (secondary N) is 2. The molecule has 31 heavy (non-hydrogen) atoms. The molecule has 1 heterocycles. The Hall–Kier alpha value is -3.39. The van der Waals surface area contributed by atoms with E-state index in [-0.39, 0.29) is 42.5 Å². The summed E-state index contributed by atoms with van der Waals surface area (Å²) in [7, 11) is 0. The van der Waals surface area contributed by atoms with E-state index >= 15 is 0 Å². The van der Waals surface area contributed by atoms with Gasteiger partial charge in [-0.05, 0) is 29.0 Å². The number of rotatable bonds is 8. The highest BCUT2D eigenvalue weighted by atomic mass is 32.2. The van der Waals surface area contributed by atoms with Gasteiger partial charge >= 0.3 is 0 Å². The largest absolute Gasteiger partial charge is 0.354 e. The van der Waals surface area contributed by atoms with Crippen LogP contribution in [-0.4, -0.2) is 41.0 Å². The van der Waals surface area contributed by atoms with Gasteiger partial charge in [0.1, 0.15) is 0 Å². The maximum absolute atomic E-state index is 12.5. The van der Waals surface area contributed by atoms with Gasteiger partial charge in [0.05, 0.1) is 17.4 Å². The van der Waals surface area contributed by atoms with Crippen LogP contribution in [0.4, 0.5) is 4.79 Å². The first-order valence-electron chi connectivity index (χ1n) is 9.83. The molecule has 2 aromatic rings. The fraction of sp³-hybridized carbons (Fsp3) is 0.217. The number of carbonyl (C=O) groups is 4. The molecule has 4 amide bonds. The molecule has 0 bridgehead atoms. The Morgan fingerprint density at radius 1 is 1.03 bits per heavy atom. The molecule has 0 aromatic heterocycles. The van der Waals surface area contributed by atoms with Gasteiger partial charge in [-0.25, -0.2) is 0 Å². The predicted octanol–water partition coefficient (Wildman–Crippen LogP) is 3.11. The van der Waals surface area contributed by atoms with E-state index in [1.807, 2.05) is 60.7 Å². The van der Waals surface area contributed by atoms with Crippen LogP contribution in [0, 0.1) is 0 Å². The van der Waals surface area contributed by atoms with E-state index in [4.69, 9.17) is 0 Å². The molecule has 2 N–H and O–H groups in total. The van der Waals surface area contributed by atoms with E-state index in [9.17, 15) is 19.2 Å². The number of amides is 4. The fourth-order valence-electron chi connectivity index (χ4n) is 3.14. The summed E-state index contributed by atoms with van der Waals surface area (Å²) in [5.41, 5.74) is 1.66. The van der Waals surface area contributed by atoms with Crippen molar-refractivity contribution < 1.29 is 19.2 Å². The van der Waals surface area contributed by atoms with Crippen molar-refractivity contribution in [1.29, 1.82) is 0 Å². The summed E-state index contributed by atoms with van der Waals surface area (Å²) in [5, 5.41) is 5.14. The second kappa shape index (κ2) is 10.6. The lowest BCUT2D eigenvalue weighted by atomic mass is 10.0. The molecule has 0 radical (unpaired) electrons. The molecule has 3 rings (SSSR count). The number of hydrogen-bond acceptors (Lipinski definition) is 5. The molecule has 7 nitrogen and oxygen atoms in total. The average Bonchev–Trinajstić information content (AvgIpc) is 3.01. The molecule has 1 aliphatic heterocycles. The summed E-state index contributed by atoms with van der Waals surface area (Å²) in [6.07, 6.45) is 1.74.